The smallest absolute Gasteiger partial charge is 0.277 e. The molecule has 5 nitrogen and oxygen atoms in total. The van der Waals surface area contributed by atoms with Crippen molar-refractivity contribution in [3.63, 3.8) is 0 Å². The molecule has 24 heavy (non-hydrogen) atoms. The Morgan fingerprint density at radius 3 is 2.71 bits per heavy atom. The van der Waals surface area contributed by atoms with Gasteiger partial charge in [-0.2, -0.15) is 5.10 Å². The van der Waals surface area contributed by atoms with Gasteiger partial charge in [-0.1, -0.05) is 32.4 Å². The van der Waals surface area contributed by atoms with Gasteiger partial charge in [0.15, 0.2) is 6.61 Å². The van der Waals surface area contributed by atoms with E-state index in [1.807, 2.05) is 42.1 Å². The first kappa shape index (κ1) is 17.8. The van der Waals surface area contributed by atoms with Gasteiger partial charge in [0.2, 0.25) is 0 Å². The van der Waals surface area contributed by atoms with Crippen molar-refractivity contribution in [2.75, 3.05) is 6.61 Å². The van der Waals surface area contributed by atoms with Gasteiger partial charge in [-0.15, -0.1) is 0 Å². The summed E-state index contributed by atoms with van der Waals surface area (Å²) < 4.78 is 7.39. The molecule has 1 N–H and O–H groups in total. The summed E-state index contributed by atoms with van der Waals surface area (Å²) in [5, 5.41) is 3.92. The van der Waals surface area contributed by atoms with Crippen molar-refractivity contribution >= 4 is 12.1 Å². The van der Waals surface area contributed by atoms with Crippen LogP contribution in [0, 0.1) is 0 Å². The van der Waals surface area contributed by atoms with Gasteiger partial charge in [-0.3, -0.25) is 4.79 Å². The van der Waals surface area contributed by atoms with E-state index in [2.05, 4.69) is 36.5 Å². The average Bonchev–Trinajstić information content (AvgIpc) is 2.99. The van der Waals surface area contributed by atoms with Crippen molar-refractivity contribution in [2.45, 2.75) is 32.6 Å². The van der Waals surface area contributed by atoms with Gasteiger partial charge in [0.05, 0.1) is 11.9 Å². The first-order chi connectivity index (χ1) is 11.6. The Bertz CT molecular complexity index is 674. The molecule has 5 heteroatoms. The largest absolute Gasteiger partial charge is 0.484 e. The molecule has 0 fully saturated rings. The van der Waals surface area contributed by atoms with Crippen LogP contribution in [0.15, 0.2) is 47.7 Å². The van der Waals surface area contributed by atoms with E-state index in [4.69, 9.17) is 4.74 Å². The number of carbonyl (C=O) groups is 1. The van der Waals surface area contributed by atoms with Crippen LogP contribution >= 0.6 is 0 Å². The van der Waals surface area contributed by atoms with Gasteiger partial charge in [0, 0.05) is 13.2 Å². The second kappa shape index (κ2) is 8.91. The van der Waals surface area contributed by atoms with Crippen molar-refractivity contribution in [3.05, 3.63) is 53.9 Å². The highest BCUT2D eigenvalue weighted by Gasteiger charge is 2.05. The van der Waals surface area contributed by atoms with Crippen molar-refractivity contribution in [3.8, 4) is 5.75 Å². The number of amides is 1. The van der Waals surface area contributed by atoms with E-state index in [-0.39, 0.29) is 12.5 Å². The van der Waals surface area contributed by atoms with E-state index in [9.17, 15) is 4.79 Å². The molecule has 1 atom stereocenters. The number of nitrogens with zero attached hydrogens (tertiary/aromatic N) is 2. The molecule has 0 spiro atoms. The molecule has 1 aromatic carbocycles. The number of benzene rings is 1. The molecule has 0 aliphatic heterocycles. The molecule has 1 unspecified atom stereocenters. The predicted molar refractivity (Wildman–Crippen MR) is 96.4 cm³/mol. The fourth-order valence-electron chi connectivity index (χ4n) is 2.45. The van der Waals surface area contributed by atoms with Gasteiger partial charge >= 0.3 is 0 Å². The van der Waals surface area contributed by atoms with Crippen LogP contribution in [-0.4, -0.2) is 23.3 Å². The monoisotopic (exact) mass is 327 g/mol. The lowest BCUT2D eigenvalue weighted by molar-refractivity contribution is -0.123. The van der Waals surface area contributed by atoms with E-state index in [1.165, 1.54) is 18.4 Å². The summed E-state index contributed by atoms with van der Waals surface area (Å²) in [5.74, 6) is 0.937. The zero-order valence-corrected chi connectivity index (χ0v) is 14.5. The van der Waals surface area contributed by atoms with Gasteiger partial charge in [0.25, 0.3) is 5.91 Å². The summed E-state index contributed by atoms with van der Waals surface area (Å²) in [6.07, 6.45) is 5.85. The molecule has 0 aliphatic rings. The SMILES string of the molecule is CCCC(C)c1ccc(OCC(=O)NN=Cc2cccn2C)cc1. The van der Waals surface area contributed by atoms with E-state index in [1.54, 1.807) is 6.21 Å². The topological polar surface area (TPSA) is 55.6 Å². The highest BCUT2D eigenvalue weighted by molar-refractivity contribution is 5.81. The van der Waals surface area contributed by atoms with Crippen molar-refractivity contribution in [1.82, 2.24) is 9.99 Å². The summed E-state index contributed by atoms with van der Waals surface area (Å²) in [5.41, 5.74) is 4.66. The van der Waals surface area contributed by atoms with Gasteiger partial charge in [-0.05, 0) is 42.2 Å². The Hall–Kier alpha value is -2.56. The minimum atomic E-state index is -0.288. The fourth-order valence-corrected chi connectivity index (χ4v) is 2.45. The zero-order valence-electron chi connectivity index (χ0n) is 14.5. The Kier molecular flexibility index (Phi) is 6.61. The second-order valence-electron chi connectivity index (χ2n) is 5.88. The van der Waals surface area contributed by atoms with Crippen LogP contribution < -0.4 is 10.2 Å². The molecular weight excluding hydrogens is 302 g/mol. The second-order valence-corrected chi connectivity index (χ2v) is 5.88. The molecule has 0 aliphatic carbocycles. The summed E-state index contributed by atoms with van der Waals surface area (Å²) in [7, 11) is 1.91. The third kappa shape index (κ3) is 5.26. The van der Waals surface area contributed by atoms with Crippen molar-refractivity contribution in [1.29, 1.82) is 0 Å². The summed E-state index contributed by atoms with van der Waals surface area (Å²) in [6.45, 7) is 4.35. The van der Waals surface area contributed by atoms with Gasteiger partial charge in [-0.25, -0.2) is 5.43 Å². The van der Waals surface area contributed by atoms with Crippen LogP contribution in [0.3, 0.4) is 0 Å². The van der Waals surface area contributed by atoms with Crippen LogP contribution in [0.5, 0.6) is 5.75 Å². The van der Waals surface area contributed by atoms with Crippen molar-refractivity contribution < 1.29 is 9.53 Å². The maximum Gasteiger partial charge on any atom is 0.277 e. The Morgan fingerprint density at radius 2 is 2.08 bits per heavy atom. The number of nitrogens with one attached hydrogen (secondary N) is 1. The Morgan fingerprint density at radius 1 is 1.33 bits per heavy atom. The maximum atomic E-state index is 11.7. The van der Waals surface area contributed by atoms with E-state index in [0.717, 1.165) is 5.69 Å². The molecule has 0 saturated carbocycles. The van der Waals surface area contributed by atoms with Gasteiger partial charge in [0.1, 0.15) is 5.75 Å². The first-order valence-electron chi connectivity index (χ1n) is 8.26. The quantitative estimate of drug-likeness (QED) is 0.596. The van der Waals surface area contributed by atoms with E-state index >= 15 is 0 Å². The van der Waals surface area contributed by atoms with Crippen LogP contribution in [0.2, 0.25) is 0 Å². The number of carbonyl (C=O) groups excluding carboxylic acids is 1. The molecule has 2 rings (SSSR count). The number of aromatic nitrogens is 1. The molecule has 0 saturated heterocycles. The normalized spacial score (nSPS) is 12.3. The van der Waals surface area contributed by atoms with Crippen molar-refractivity contribution in [2.24, 2.45) is 12.1 Å². The lowest BCUT2D eigenvalue weighted by Gasteiger charge is -2.11. The summed E-state index contributed by atoms with van der Waals surface area (Å²) in [4.78, 5) is 11.7. The van der Waals surface area contributed by atoms with Crippen LogP contribution in [-0.2, 0) is 11.8 Å². The first-order valence-corrected chi connectivity index (χ1v) is 8.26. The molecule has 1 amide bonds. The molecular formula is C19H25N3O2. The number of ether oxygens (including phenoxy) is 1. The number of hydrogen-bond donors (Lipinski definition) is 1. The highest BCUT2D eigenvalue weighted by Crippen LogP contribution is 2.22. The molecule has 0 radical (unpaired) electrons. The minimum Gasteiger partial charge on any atom is -0.484 e. The van der Waals surface area contributed by atoms with Crippen LogP contribution in [0.4, 0.5) is 0 Å². The standard InChI is InChI=1S/C19H25N3O2/c1-4-6-15(2)16-8-10-18(11-9-16)24-14-19(23)21-20-13-17-7-5-12-22(17)3/h5,7-13,15H,4,6,14H2,1-3H3,(H,21,23). The molecule has 1 heterocycles. The lowest BCUT2D eigenvalue weighted by Crippen LogP contribution is -2.24. The van der Waals surface area contributed by atoms with Crippen LogP contribution in [0.1, 0.15) is 43.9 Å². The van der Waals surface area contributed by atoms with Crippen LogP contribution in [0.25, 0.3) is 0 Å². The van der Waals surface area contributed by atoms with Gasteiger partial charge < -0.3 is 9.30 Å². The minimum absolute atomic E-state index is 0.0612. The third-order valence-electron chi connectivity index (χ3n) is 3.91. The third-order valence-corrected chi connectivity index (χ3v) is 3.91. The average molecular weight is 327 g/mol. The number of hydrogen-bond acceptors (Lipinski definition) is 3. The van der Waals surface area contributed by atoms with E-state index in [0.29, 0.717) is 11.7 Å². The maximum absolute atomic E-state index is 11.7. The Labute approximate surface area is 143 Å². The predicted octanol–water partition coefficient (Wildman–Crippen LogP) is 3.46. The summed E-state index contributed by atoms with van der Waals surface area (Å²) in [6, 6.07) is 11.7. The molecule has 0 bridgehead atoms. The lowest BCUT2D eigenvalue weighted by atomic mass is 9.97. The molecule has 128 valence electrons. The summed E-state index contributed by atoms with van der Waals surface area (Å²) >= 11 is 0. The van der Waals surface area contributed by atoms with E-state index < -0.39 is 0 Å². The molecule has 1 aromatic heterocycles. The number of aryl methyl sites for hydroxylation is 1. The Balaban J connectivity index is 1.77. The fraction of sp³-hybridized carbons (Fsp3) is 0.368. The zero-order chi connectivity index (χ0) is 17.4. The number of hydrazone groups is 1. The number of rotatable bonds is 8. The highest BCUT2D eigenvalue weighted by atomic mass is 16.5. The molecule has 2 aromatic rings.